The highest BCUT2D eigenvalue weighted by Gasteiger charge is 2.34. The van der Waals surface area contributed by atoms with Crippen LogP contribution in [0.2, 0.25) is 0 Å². The van der Waals surface area contributed by atoms with Crippen LogP contribution in [-0.2, 0) is 9.53 Å². The molecule has 0 aliphatic carbocycles. The van der Waals surface area contributed by atoms with Crippen molar-refractivity contribution < 1.29 is 18.7 Å². The van der Waals surface area contributed by atoms with E-state index in [2.05, 4.69) is 48.3 Å². The van der Waals surface area contributed by atoms with E-state index in [9.17, 15) is 10.1 Å². The zero-order chi connectivity index (χ0) is 31.5. The molecule has 3 saturated heterocycles. The third kappa shape index (κ3) is 6.42. The highest BCUT2D eigenvalue weighted by atomic mass is 19.1. The van der Waals surface area contributed by atoms with E-state index in [0.29, 0.717) is 54.1 Å². The molecule has 12 heteroatoms. The molecule has 1 amide bonds. The van der Waals surface area contributed by atoms with Gasteiger partial charge in [-0.2, -0.15) is 5.26 Å². The van der Waals surface area contributed by atoms with Gasteiger partial charge in [0.1, 0.15) is 23.7 Å². The molecule has 236 valence electrons. The van der Waals surface area contributed by atoms with Crippen molar-refractivity contribution in [3.05, 3.63) is 71.9 Å². The minimum Gasteiger partial charge on any atom is -0.486 e. The van der Waals surface area contributed by atoms with Gasteiger partial charge in [-0.1, -0.05) is 0 Å². The van der Waals surface area contributed by atoms with Crippen molar-refractivity contribution in [3.63, 3.8) is 0 Å². The maximum absolute atomic E-state index is 15.1. The van der Waals surface area contributed by atoms with Crippen molar-refractivity contribution in [2.45, 2.75) is 24.7 Å². The number of likely N-dealkylation sites (tertiary alicyclic amines) is 1. The number of carbonyl (C=O) groups is 1. The number of piperazine rings is 1. The first-order chi connectivity index (χ1) is 22.5. The van der Waals surface area contributed by atoms with Crippen molar-refractivity contribution in [1.29, 1.82) is 5.26 Å². The number of halogens is 1. The van der Waals surface area contributed by atoms with Crippen molar-refractivity contribution >= 4 is 29.3 Å². The number of nitriles is 1. The van der Waals surface area contributed by atoms with E-state index >= 15 is 4.39 Å². The van der Waals surface area contributed by atoms with Crippen LogP contribution in [0.3, 0.4) is 0 Å². The molecule has 4 aliphatic heterocycles. The van der Waals surface area contributed by atoms with E-state index in [4.69, 9.17) is 9.47 Å². The molecule has 1 aromatic heterocycles. The smallest absolute Gasteiger partial charge is 0.251 e. The number of benzene rings is 2. The predicted octanol–water partition coefficient (Wildman–Crippen LogP) is 3.61. The van der Waals surface area contributed by atoms with Crippen molar-refractivity contribution in [1.82, 2.24) is 19.8 Å². The standard InChI is InChI=1S/C34H35FN8O3/c35-29-20-43(34(44)24-7-10-37-19-24)12-9-31(29)46-30-6-1-23(17-25(30)18-36)33-38-11-8-32(40-33)39-26-2-4-27(5-3-26)41-13-15-42(16-14-41)28-21-45-22-28/h1-8,10-11,17,28-29,31H,9,12-16,19-22H2,(H,38,39,40)/t29-,31+/m1/s1. The number of amides is 1. The second-order valence-electron chi connectivity index (χ2n) is 11.9. The largest absolute Gasteiger partial charge is 0.486 e. The summed E-state index contributed by atoms with van der Waals surface area (Å²) < 4.78 is 26.4. The van der Waals surface area contributed by atoms with E-state index in [1.807, 2.05) is 12.1 Å². The number of nitrogens with zero attached hydrogens (tertiary/aromatic N) is 7. The monoisotopic (exact) mass is 622 g/mol. The number of aliphatic imine (C=N–C) groups is 1. The number of ether oxygens (including phenoxy) is 2. The van der Waals surface area contributed by atoms with Gasteiger partial charge in [0, 0.05) is 74.1 Å². The molecule has 3 aromatic rings. The van der Waals surface area contributed by atoms with Gasteiger partial charge in [-0.3, -0.25) is 14.7 Å². The molecule has 2 atom stereocenters. The second-order valence-corrected chi connectivity index (χ2v) is 11.9. The maximum atomic E-state index is 15.1. The molecule has 0 saturated carbocycles. The second kappa shape index (κ2) is 13.2. The van der Waals surface area contributed by atoms with E-state index < -0.39 is 12.3 Å². The van der Waals surface area contributed by atoms with Crippen molar-refractivity contribution in [2.75, 3.05) is 69.2 Å². The zero-order valence-corrected chi connectivity index (χ0v) is 25.4. The van der Waals surface area contributed by atoms with Gasteiger partial charge in [0.2, 0.25) is 0 Å². The summed E-state index contributed by atoms with van der Waals surface area (Å²) in [5.41, 5.74) is 3.56. The lowest BCUT2D eigenvalue weighted by molar-refractivity contribution is -0.130. The molecule has 0 radical (unpaired) electrons. The van der Waals surface area contributed by atoms with Gasteiger partial charge < -0.3 is 24.6 Å². The quantitative estimate of drug-likeness (QED) is 0.402. The third-order valence-corrected chi connectivity index (χ3v) is 8.93. The number of aromatic nitrogens is 2. The minimum absolute atomic E-state index is 0.0647. The summed E-state index contributed by atoms with van der Waals surface area (Å²) in [4.78, 5) is 32.2. The van der Waals surface area contributed by atoms with Gasteiger partial charge in [-0.05, 0) is 54.6 Å². The molecule has 0 bridgehead atoms. The van der Waals surface area contributed by atoms with Crippen LogP contribution in [0.4, 0.5) is 21.6 Å². The summed E-state index contributed by atoms with van der Waals surface area (Å²) in [6, 6.07) is 17.9. The van der Waals surface area contributed by atoms with Crippen LogP contribution in [0, 0.1) is 11.3 Å². The molecule has 7 rings (SSSR count). The van der Waals surface area contributed by atoms with Gasteiger partial charge in [0.25, 0.3) is 5.91 Å². The summed E-state index contributed by atoms with van der Waals surface area (Å²) in [6.07, 6.45) is 3.09. The van der Waals surface area contributed by atoms with E-state index in [-0.39, 0.29) is 18.0 Å². The fraction of sp³-hybridized carbons (Fsp3) is 0.382. The number of rotatable bonds is 8. The highest BCUT2D eigenvalue weighted by Crippen LogP contribution is 2.29. The number of piperidine rings is 1. The Labute approximate surface area is 267 Å². The maximum Gasteiger partial charge on any atom is 0.251 e. The average Bonchev–Trinajstić information content (AvgIpc) is 3.61. The normalized spacial score (nSPS) is 21.8. The molecular formula is C34H35FN8O3. The summed E-state index contributed by atoms with van der Waals surface area (Å²) in [6.45, 7) is 6.42. The van der Waals surface area contributed by atoms with Crippen LogP contribution >= 0.6 is 0 Å². The Hall–Kier alpha value is -4.86. The molecule has 2 aromatic carbocycles. The molecule has 1 N–H and O–H groups in total. The number of nitrogens with one attached hydrogen (secondary N) is 1. The summed E-state index contributed by atoms with van der Waals surface area (Å²) in [5.74, 6) is 1.16. The van der Waals surface area contributed by atoms with E-state index in [1.54, 1.807) is 42.8 Å². The Morgan fingerprint density at radius 2 is 1.89 bits per heavy atom. The first-order valence-corrected chi connectivity index (χ1v) is 15.6. The van der Waals surface area contributed by atoms with Crippen LogP contribution < -0.4 is 15.0 Å². The van der Waals surface area contributed by atoms with Crippen molar-refractivity contribution in [2.24, 2.45) is 4.99 Å². The van der Waals surface area contributed by atoms with Gasteiger partial charge in [-0.25, -0.2) is 14.4 Å². The molecule has 4 aliphatic rings. The fourth-order valence-electron chi connectivity index (χ4n) is 6.16. The number of carbonyl (C=O) groups excluding carboxylic acids is 1. The molecule has 0 unspecified atom stereocenters. The Morgan fingerprint density at radius 3 is 2.59 bits per heavy atom. The van der Waals surface area contributed by atoms with Crippen LogP contribution in [0.25, 0.3) is 11.4 Å². The SMILES string of the molecule is N#Cc1cc(-c2nccc(Nc3ccc(N4CCN(C5COC5)CC4)cc3)n2)ccc1O[C@H]1CCN(C(=O)C2=CC=NC2)C[C@H]1F. The highest BCUT2D eigenvalue weighted by molar-refractivity contribution is 5.99. The number of hydrogen-bond acceptors (Lipinski definition) is 10. The van der Waals surface area contributed by atoms with Crippen molar-refractivity contribution in [3.8, 4) is 23.2 Å². The Morgan fingerprint density at radius 1 is 1.07 bits per heavy atom. The summed E-state index contributed by atoms with van der Waals surface area (Å²) in [7, 11) is 0. The lowest BCUT2D eigenvalue weighted by Crippen LogP contribution is -2.56. The van der Waals surface area contributed by atoms with Crippen LogP contribution in [-0.4, -0.2) is 109 Å². The minimum atomic E-state index is -1.38. The lowest BCUT2D eigenvalue weighted by atomic mass is 10.0. The van der Waals surface area contributed by atoms with Crippen LogP contribution in [0.15, 0.2) is 71.4 Å². The first-order valence-electron chi connectivity index (χ1n) is 15.6. The van der Waals surface area contributed by atoms with Gasteiger partial charge in [-0.15, -0.1) is 0 Å². The molecule has 3 fully saturated rings. The van der Waals surface area contributed by atoms with E-state index in [1.165, 1.54) is 10.6 Å². The number of anilines is 3. The molecular weight excluding hydrogens is 587 g/mol. The third-order valence-electron chi connectivity index (χ3n) is 8.93. The number of hydrogen-bond donors (Lipinski definition) is 1. The van der Waals surface area contributed by atoms with Gasteiger partial charge in [0.05, 0.1) is 37.9 Å². The molecule has 0 spiro atoms. The predicted molar refractivity (Wildman–Crippen MR) is 172 cm³/mol. The molecule has 5 heterocycles. The van der Waals surface area contributed by atoms with Gasteiger partial charge in [0.15, 0.2) is 12.0 Å². The van der Waals surface area contributed by atoms with E-state index in [0.717, 1.165) is 45.1 Å². The average molecular weight is 623 g/mol. The van der Waals surface area contributed by atoms with Crippen LogP contribution in [0.5, 0.6) is 5.75 Å². The Kier molecular flexibility index (Phi) is 8.59. The fourth-order valence-corrected chi connectivity index (χ4v) is 6.16. The summed E-state index contributed by atoms with van der Waals surface area (Å²) >= 11 is 0. The molecule has 46 heavy (non-hydrogen) atoms. The lowest BCUT2D eigenvalue weighted by Gasteiger charge is -2.43. The summed E-state index contributed by atoms with van der Waals surface area (Å²) in [5, 5.41) is 13.2. The zero-order valence-electron chi connectivity index (χ0n) is 25.4. The van der Waals surface area contributed by atoms with Gasteiger partial charge >= 0.3 is 0 Å². The first kappa shape index (κ1) is 29.8. The Balaban J connectivity index is 0.964. The van der Waals surface area contributed by atoms with Crippen LogP contribution in [0.1, 0.15) is 12.0 Å². The molecule has 11 nitrogen and oxygen atoms in total. The Bertz CT molecular complexity index is 1680. The number of alkyl halides is 1. The topological polar surface area (TPSA) is 119 Å². The number of allylic oxidation sites excluding steroid dienone is 1.